The molecule has 1 aliphatic rings. The maximum absolute atomic E-state index is 12.4. The molecule has 3 aromatic rings. The first kappa shape index (κ1) is 18.5. The second-order valence-electron chi connectivity index (χ2n) is 6.45. The van der Waals surface area contributed by atoms with Crippen LogP contribution in [0.1, 0.15) is 11.4 Å². The van der Waals surface area contributed by atoms with E-state index in [1.165, 1.54) is 0 Å². The number of H-pyrrole nitrogens is 1. The maximum Gasteiger partial charge on any atom is 0.258 e. The van der Waals surface area contributed by atoms with Gasteiger partial charge in [0.15, 0.2) is 11.5 Å². The van der Waals surface area contributed by atoms with Gasteiger partial charge in [0.2, 0.25) is 0 Å². The molecule has 140 valence electrons. The van der Waals surface area contributed by atoms with Crippen molar-refractivity contribution in [3.05, 3.63) is 61.0 Å². The lowest BCUT2D eigenvalue weighted by Gasteiger charge is -2.21. The smallest absolute Gasteiger partial charge is 0.258 e. The van der Waals surface area contributed by atoms with E-state index in [4.69, 9.17) is 9.47 Å². The van der Waals surface area contributed by atoms with E-state index in [0.29, 0.717) is 43.0 Å². The number of aromatic nitrogens is 2. The number of ether oxygens (including phenoxy) is 2. The molecule has 0 atom stereocenters. The summed E-state index contributed by atoms with van der Waals surface area (Å²) < 4.78 is 12.8. The van der Waals surface area contributed by atoms with Gasteiger partial charge in [0.05, 0.1) is 17.4 Å². The molecule has 2 heterocycles. The number of benzene rings is 2. The zero-order valence-electron chi connectivity index (χ0n) is 14.6. The molecule has 0 saturated heterocycles. The zero-order valence-corrected chi connectivity index (χ0v) is 17.8. The molecule has 2 aromatic carbocycles. The highest BCUT2D eigenvalue weighted by Crippen LogP contribution is 2.31. The molecule has 0 aliphatic carbocycles. The van der Waals surface area contributed by atoms with Crippen LogP contribution in [0.25, 0.3) is 10.9 Å². The lowest BCUT2D eigenvalue weighted by Crippen LogP contribution is -2.22. The Labute approximate surface area is 172 Å². The van der Waals surface area contributed by atoms with Gasteiger partial charge in [-0.2, -0.15) is 0 Å². The molecule has 0 spiro atoms. The number of nitrogens with zero attached hydrogens (tertiary/aromatic N) is 2. The summed E-state index contributed by atoms with van der Waals surface area (Å²) in [5.74, 6) is 2.18. The van der Waals surface area contributed by atoms with Crippen LogP contribution in [0.15, 0.2) is 44.1 Å². The number of halogens is 2. The molecular formula is C19H17Br2N3O3. The number of fused-ring (bicyclic) bond motifs is 2. The van der Waals surface area contributed by atoms with Gasteiger partial charge in [-0.05, 0) is 52.8 Å². The summed E-state index contributed by atoms with van der Waals surface area (Å²) in [5, 5.41) is 0.550. The van der Waals surface area contributed by atoms with Crippen molar-refractivity contribution in [1.29, 1.82) is 0 Å². The summed E-state index contributed by atoms with van der Waals surface area (Å²) in [6.45, 7) is 2.36. The van der Waals surface area contributed by atoms with Crippen molar-refractivity contribution in [3.63, 3.8) is 0 Å². The molecule has 1 aromatic heterocycles. The number of hydrogen-bond acceptors (Lipinski definition) is 5. The first-order chi connectivity index (χ1) is 13.0. The number of nitrogens with one attached hydrogen (secondary N) is 1. The first-order valence-electron chi connectivity index (χ1n) is 8.44. The summed E-state index contributed by atoms with van der Waals surface area (Å²) in [6.07, 6.45) is 0. The van der Waals surface area contributed by atoms with E-state index in [9.17, 15) is 4.79 Å². The third-order valence-corrected chi connectivity index (χ3v) is 5.32. The Morgan fingerprint density at radius 3 is 2.70 bits per heavy atom. The lowest BCUT2D eigenvalue weighted by molar-refractivity contribution is 0.171. The van der Waals surface area contributed by atoms with Crippen molar-refractivity contribution < 1.29 is 9.47 Å². The van der Waals surface area contributed by atoms with Gasteiger partial charge in [0, 0.05) is 15.5 Å². The highest BCUT2D eigenvalue weighted by molar-refractivity contribution is 9.11. The van der Waals surface area contributed by atoms with Crippen LogP contribution < -0.4 is 15.0 Å². The molecule has 1 aliphatic heterocycles. The Morgan fingerprint density at radius 2 is 1.89 bits per heavy atom. The number of rotatable bonds is 4. The summed E-state index contributed by atoms with van der Waals surface area (Å²) in [6, 6.07) is 9.61. The third-order valence-electron chi connectivity index (χ3n) is 4.26. The van der Waals surface area contributed by atoms with Crippen molar-refractivity contribution in [1.82, 2.24) is 14.9 Å². The monoisotopic (exact) mass is 493 g/mol. The second-order valence-corrected chi connectivity index (χ2v) is 8.22. The largest absolute Gasteiger partial charge is 0.486 e. The van der Waals surface area contributed by atoms with Gasteiger partial charge in [-0.15, -0.1) is 0 Å². The van der Waals surface area contributed by atoms with Crippen molar-refractivity contribution in [2.45, 2.75) is 13.1 Å². The van der Waals surface area contributed by atoms with Crippen molar-refractivity contribution in [2.75, 3.05) is 20.3 Å². The van der Waals surface area contributed by atoms with Crippen LogP contribution in [0.4, 0.5) is 0 Å². The molecule has 27 heavy (non-hydrogen) atoms. The predicted octanol–water partition coefficient (Wildman–Crippen LogP) is 3.85. The molecular weight excluding hydrogens is 478 g/mol. The van der Waals surface area contributed by atoms with Crippen molar-refractivity contribution in [3.8, 4) is 11.5 Å². The second kappa shape index (κ2) is 7.61. The molecule has 0 saturated carbocycles. The average molecular weight is 495 g/mol. The van der Waals surface area contributed by atoms with Gasteiger partial charge < -0.3 is 14.5 Å². The van der Waals surface area contributed by atoms with Gasteiger partial charge >= 0.3 is 0 Å². The van der Waals surface area contributed by atoms with Gasteiger partial charge in [-0.25, -0.2) is 4.98 Å². The SMILES string of the molecule is CN(Cc1ccc2c(c1)OCCO2)Cc1nc2c(Br)cc(Br)cc2c(=O)[nH]1. The van der Waals surface area contributed by atoms with Gasteiger partial charge in [-0.3, -0.25) is 9.69 Å². The summed E-state index contributed by atoms with van der Waals surface area (Å²) in [7, 11) is 1.98. The van der Waals surface area contributed by atoms with Gasteiger partial charge in [-0.1, -0.05) is 22.0 Å². The van der Waals surface area contributed by atoms with E-state index in [0.717, 1.165) is 26.0 Å². The average Bonchev–Trinajstić information content (AvgIpc) is 2.62. The quantitative estimate of drug-likeness (QED) is 0.596. The molecule has 4 rings (SSSR count). The molecule has 0 radical (unpaired) electrons. The van der Waals surface area contributed by atoms with Gasteiger partial charge in [0.1, 0.15) is 19.0 Å². The van der Waals surface area contributed by atoms with E-state index in [1.54, 1.807) is 6.07 Å². The Bertz CT molecular complexity index is 1070. The minimum atomic E-state index is -0.148. The zero-order chi connectivity index (χ0) is 19.0. The fourth-order valence-corrected chi connectivity index (χ4v) is 4.41. The molecule has 0 unspecified atom stereocenters. The number of hydrogen-bond donors (Lipinski definition) is 1. The van der Waals surface area contributed by atoms with Crippen LogP contribution in [0.3, 0.4) is 0 Å². The van der Waals surface area contributed by atoms with Crippen LogP contribution in [-0.2, 0) is 13.1 Å². The molecule has 6 nitrogen and oxygen atoms in total. The van der Waals surface area contributed by atoms with Crippen LogP contribution in [0.2, 0.25) is 0 Å². The minimum absolute atomic E-state index is 0.148. The normalized spacial score (nSPS) is 13.3. The summed E-state index contributed by atoms with van der Waals surface area (Å²) >= 11 is 6.89. The predicted molar refractivity (Wildman–Crippen MR) is 110 cm³/mol. The maximum atomic E-state index is 12.4. The highest BCUT2D eigenvalue weighted by Gasteiger charge is 2.14. The first-order valence-corrected chi connectivity index (χ1v) is 10.0. The van der Waals surface area contributed by atoms with Crippen LogP contribution in [0.5, 0.6) is 11.5 Å². The van der Waals surface area contributed by atoms with Crippen LogP contribution in [-0.4, -0.2) is 35.1 Å². The number of aromatic amines is 1. The van der Waals surface area contributed by atoms with Crippen LogP contribution in [0, 0.1) is 0 Å². The van der Waals surface area contributed by atoms with Gasteiger partial charge in [0.25, 0.3) is 5.56 Å². The van der Waals surface area contributed by atoms with E-state index >= 15 is 0 Å². The minimum Gasteiger partial charge on any atom is -0.486 e. The Hall–Kier alpha value is -1.90. The van der Waals surface area contributed by atoms with E-state index in [2.05, 4.69) is 46.7 Å². The molecule has 1 N–H and O–H groups in total. The lowest BCUT2D eigenvalue weighted by atomic mass is 10.2. The topological polar surface area (TPSA) is 67.5 Å². The van der Waals surface area contributed by atoms with E-state index in [1.807, 2.05) is 31.3 Å². The van der Waals surface area contributed by atoms with Crippen LogP contribution >= 0.6 is 31.9 Å². The molecule has 8 heteroatoms. The molecule has 0 bridgehead atoms. The molecule has 0 amide bonds. The van der Waals surface area contributed by atoms with Crippen molar-refractivity contribution >= 4 is 42.8 Å². The Balaban J connectivity index is 1.54. The summed E-state index contributed by atoms with van der Waals surface area (Å²) in [4.78, 5) is 22.0. The standard InChI is InChI=1S/C19H17Br2N3O3/c1-24(9-11-2-3-15-16(6-11)27-5-4-26-15)10-17-22-18-13(19(25)23-17)7-12(20)8-14(18)21/h2-3,6-8H,4-5,9-10H2,1H3,(H,22,23,25). The fourth-order valence-electron chi connectivity index (χ4n) is 3.10. The Morgan fingerprint density at radius 1 is 1.11 bits per heavy atom. The van der Waals surface area contributed by atoms with E-state index < -0.39 is 0 Å². The molecule has 0 fully saturated rings. The third kappa shape index (κ3) is 4.02. The Kier molecular flexibility index (Phi) is 5.21. The summed E-state index contributed by atoms with van der Waals surface area (Å²) in [5.41, 5.74) is 1.62. The highest BCUT2D eigenvalue weighted by atomic mass is 79.9. The van der Waals surface area contributed by atoms with E-state index in [-0.39, 0.29) is 5.56 Å². The van der Waals surface area contributed by atoms with Crippen molar-refractivity contribution in [2.24, 2.45) is 0 Å². The fraction of sp³-hybridized carbons (Fsp3) is 0.263.